The van der Waals surface area contributed by atoms with E-state index in [1.165, 1.54) is 19.3 Å². The molecule has 2 rings (SSSR count). The normalized spacial score (nSPS) is 32.5. The molecule has 15 heavy (non-hydrogen) atoms. The van der Waals surface area contributed by atoms with E-state index in [1.807, 2.05) is 16.7 Å². The van der Waals surface area contributed by atoms with Crippen LogP contribution in [-0.2, 0) is 9.59 Å². The Morgan fingerprint density at radius 2 is 2.00 bits per heavy atom. The number of carbonyl (C=O) groups excluding carboxylic acids is 2. The number of nitrogens with zero attached hydrogens (tertiary/aromatic N) is 1. The van der Waals surface area contributed by atoms with E-state index in [0.717, 1.165) is 6.42 Å². The molecule has 0 aromatic rings. The van der Waals surface area contributed by atoms with Gasteiger partial charge in [0.25, 0.3) is 0 Å². The molecule has 0 spiro atoms. The maximum absolute atomic E-state index is 11.6. The van der Waals surface area contributed by atoms with Gasteiger partial charge < -0.3 is 4.90 Å². The fraction of sp³-hybridized carbons (Fsp3) is 0.818. The Labute approximate surface area is 94.6 Å². The van der Waals surface area contributed by atoms with Crippen molar-refractivity contribution >= 4 is 23.5 Å². The molecule has 1 aliphatic carbocycles. The topological polar surface area (TPSA) is 37.4 Å². The number of ketones is 1. The van der Waals surface area contributed by atoms with Crippen molar-refractivity contribution in [3.8, 4) is 0 Å². The molecule has 84 valence electrons. The van der Waals surface area contributed by atoms with Crippen molar-refractivity contribution in [2.75, 3.05) is 12.8 Å². The summed E-state index contributed by atoms with van der Waals surface area (Å²) in [5, 5.41) is 0.536. The number of likely N-dealkylation sites (tertiary alicyclic amines) is 1. The Kier molecular flexibility index (Phi) is 3.34. The van der Waals surface area contributed by atoms with Gasteiger partial charge in [-0.2, -0.15) is 11.8 Å². The van der Waals surface area contributed by atoms with Crippen LogP contribution in [0.25, 0.3) is 0 Å². The van der Waals surface area contributed by atoms with E-state index in [1.54, 1.807) is 0 Å². The van der Waals surface area contributed by atoms with Gasteiger partial charge in [0.1, 0.15) is 0 Å². The van der Waals surface area contributed by atoms with Gasteiger partial charge in [0.15, 0.2) is 5.78 Å². The highest BCUT2D eigenvalue weighted by atomic mass is 32.2. The smallest absolute Gasteiger partial charge is 0.230 e. The van der Waals surface area contributed by atoms with Crippen LogP contribution in [0.15, 0.2) is 0 Å². The van der Waals surface area contributed by atoms with E-state index < -0.39 is 0 Å². The van der Waals surface area contributed by atoms with Gasteiger partial charge in [-0.25, -0.2) is 0 Å². The molecule has 1 amide bonds. The minimum Gasteiger partial charge on any atom is -0.331 e. The molecule has 0 aromatic heterocycles. The van der Waals surface area contributed by atoms with Gasteiger partial charge in [-0.15, -0.1) is 0 Å². The third-order valence-electron chi connectivity index (χ3n) is 3.39. The first-order chi connectivity index (χ1) is 7.22. The van der Waals surface area contributed by atoms with Crippen LogP contribution in [0.5, 0.6) is 0 Å². The SMILES string of the molecule is CSC1CCCCC1N1CC(=O)CC1=O. The molecule has 3 nitrogen and oxygen atoms in total. The Morgan fingerprint density at radius 1 is 1.27 bits per heavy atom. The van der Waals surface area contributed by atoms with E-state index in [2.05, 4.69) is 6.26 Å². The first kappa shape index (κ1) is 11.0. The fourth-order valence-electron chi connectivity index (χ4n) is 2.62. The predicted molar refractivity (Wildman–Crippen MR) is 60.9 cm³/mol. The molecule has 1 saturated heterocycles. The highest BCUT2D eigenvalue weighted by Gasteiger charge is 2.37. The molecule has 0 aromatic carbocycles. The summed E-state index contributed by atoms with van der Waals surface area (Å²) in [5.74, 6) is 0.136. The van der Waals surface area contributed by atoms with Crippen molar-refractivity contribution in [2.24, 2.45) is 0 Å². The zero-order valence-corrected chi connectivity index (χ0v) is 9.89. The molecule has 2 aliphatic rings. The number of hydrogen-bond acceptors (Lipinski definition) is 3. The van der Waals surface area contributed by atoms with Gasteiger partial charge in [0.2, 0.25) is 5.91 Å². The molecule has 2 fully saturated rings. The van der Waals surface area contributed by atoms with Crippen molar-refractivity contribution in [2.45, 2.75) is 43.4 Å². The van der Waals surface area contributed by atoms with Crippen LogP contribution in [0.4, 0.5) is 0 Å². The van der Waals surface area contributed by atoms with E-state index in [-0.39, 0.29) is 18.1 Å². The molecule has 2 unspecified atom stereocenters. The van der Waals surface area contributed by atoms with Crippen molar-refractivity contribution in [3.63, 3.8) is 0 Å². The molecular formula is C11H17NO2S. The number of amides is 1. The average molecular weight is 227 g/mol. The van der Waals surface area contributed by atoms with Crippen molar-refractivity contribution < 1.29 is 9.59 Å². The summed E-state index contributed by atoms with van der Waals surface area (Å²) in [6, 6.07) is 0.313. The number of thioether (sulfide) groups is 1. The third kappa shape index (κ3) is 2.19. The van der Waals surface area contributed by atoms with E-state index in [9.17, 15) is 9.59 Å². The third-order valence-corrected chi connectivity index (χ3v) is 4.54. The highest BCUT2D eigenvalue weighted by molar-refractivity contribution is 7.99. The number of carbonyl (C=O) groups is 2. The van der Waals surface area contributed by atoms with E-state index in [0.29, 0.717) is 17.8 Å². The van der Waals surface area contributed by atoms with Crippen molar-refractivity contribution in [3.05, 3.63) is 0 Å². The zero-order chi connectivity index (χ0) is 10.8. The van der Waals surface area contributed by atoms with Gasteiger partial charge in [-0.3, -0.25) is 9.59 Å². The molecule has 0 bridgehead atoms. The Balaban J connectivity index is 2.07. The maximum Gasteiger partial charge on any atom is 0.230 e. The standard InChI is InChI=1S/C11H17NO2S/c1-15-10-5-3-2-4-9(10)12-7-8(13)6-11(12)14/h9-10H,2-7H2,1H3. The lowest BCUT2D eigenvalue weighted by atomic mass is 9.94. The fourth-order valence-corrected chi connectivity index (χ4v) is 3.61. The molecule has 1 aliphatic heterocycles. The number of rotatable bonds is 2. The van der Waals surface area contributed by atoms with E-state index in [4.69, 9.17) is 0 Å². The molecular weight excluding hydrogens is 210 g/mol. The summed E-state index contributed by atoms with van der Waals surface area (Å²) in [6.45, 7) is 0.362. The first-order valence-corrected chi connectivity index (χ1v) is 6.85. The zero-order valence-electron chi connectivity index (χ0n) is 9.07. The molecule has 0 radical (unpaired) electrons. The second-order valence-electron chi connectivity index (χ2n) is 4.36. The predicted octanol–water partition coefficient (Wildman–Crippen LogP) is 1.46. The maximum atomic E-state index is 11.6. The Hall–Kier alpha value is -0.510. The second-order valence-corrected chi connectivity index (χ2v) is 5.44. The Bertz CT molecular complexity index is 280. The van der Waals surface area contributed by atoms with Crippen LogP contribution >= 0.6 is 11.8 Å². The van der Waals surface area contributed by atoms with Gasteiger partial charge in [0, 0.05) is 11.3 Å². The van der Waals surface area contributed by atoms with Gasteiger partial charge >= 0.3 is 0 Å². The molecule has 0 N–H and O–H groups in total. The van der Waals surface area contributed by atoms with Crippen LogP contribution in [0.3, 0.4) is 0 Å². The summed E-state index contributed by atoms with van der Waals surface area (Å²) < 4.78 is 0. The Morgan fingerprint density at radius 3 is 2.60 bits per heavy atom. The molecule has 2 atom stereocenters. The number of Topliss-reactive ketones (excluding diaryl/α,β-unsaturated/α-hetero) is 1. The minimum absolute atomic E-state index is 0.0472. The summed E-state index contributed by atoms with van der Waals surface area (Å²) in [7, 11) is 0. The van der Waals surface area contributed by atoms with Crippen molar-refractivity contribution in [1.29, 1.82) is 0 Å². The van der Waals surface area contributed by atoms with Gasteiger partial charge in [-0.05, 0) is 19.1 Å². The molecule has 1 heterocycles. The van der Waals surface area contributed by atoms with Crippen LogP contribution in [0.1, 0.15) is 32.1 Å². The van der Waals surface area contributed by atoms with Crippen LogP contribution < -0.4 is 0 Å². The minimum atomic E-state index is 0.0472. The quantitative estimate of drug-likeness (QED) is 0.670. The molecule has 4 heteroatoms. The molecule has 1 saturated carbocycles. The summed E-state index contributed by atoms with van der Waals surface area (Å²) in [4.78, 5) is 24.7. The lowest BCUT2D eigenvalue weighted by Gasteiger charge is -2.36. The average Bonchev–Trinajstić information content (AvgIpc) is 2.57. The second kappa shape index (κ2) is 4.56. The number of hydrogen-bond donors (Lipinski definition) is 0. The summed E-state index contributed by atoms with van der Waals surface area (Å²) in [6.07, 6.45) is 6.95. The largest absolute Gasteiger partial charge is 0.331 e. The van der Waals surface area contributed by atoms with Crippen molar-refractivity contribution in [1.82, 2.24) is 4.90 Å². The van der Waals surface area contributed by atoms with Gasteiger partial charge in [0.05, 0.1) is 13.0 Å². The lowest BCUT2D eigenvalue weighted by Crippen LogP contribution is -2.45. The van der Waals surface area contributed by atoms with Crippen LogP contribution in [0.2, 0.25) is 0 Å². The van der Waals surface area contributed by atoms with Crippen LogP contribution in [0, 0.1) is 0 Å². The first-order valence-electron chi connectivity index (χ1n) is 5.56. The highest BCUT2D eigenvalue weighted by Crippen LogP contribution is 2.32. The van der Waals surface area contributed by atoms with Gasteiger partial charge in [-0.1, -0.05) is 12.8 Å². The van der Waals surface area contributed by atoms with Crippen LogP contribution in [-0.4, -0.2) is 40.7 Å². The lowest BCUT2D eigenvalue weighted by molar-refractivity contribution is -0.130. The summed E-state index contributed by atoms with van der Waals surface area (Å²) in [5.41, 5.74) is 0. The van der Waals surface area contributed by atoms with E-state index >= 15 is 0 Å². The monoisotopic (exact) mass is 227 g/mol. The summed E-state index contributed by atoms with van der Waals surface area (Å²) >= 11 is 1.84.